The van der Waals surface area contributed by atoms with Crippen LogP contribution in [-0.4, -0.2) is 52.8 Å². The average molecular weight is 309 g/mol. The molecule has 22 heavy (non-hydrogen) atoms. The normalized spacial score (nSPS) is 21.3. The van der Waals surface area contributed by atoms with Gasteiger partial charge in [0.25, 0.3) is 5.91 Å². The van der Waals surface area contributed by atoms with Gasteiger partial charge in [-0.3, -0.25) is 14.5 Å². The third kappa shape index (κ3) is 4.08. The van der Waals surface area contributed by atoms with Gasteiger partial charge in [0.2, 0.25) is 5.91 Å². The van der Waals surface area contributed by atoms with E-state index in [1.807, 2.05) is 27.7 Å². The largest absolute Gasteiger partial charge is 0.337 e. The number of nitrogens with zero attached hydrogens (tertiary/aromatic N) is 2. The Morgan fingerprint density at radius 3 is 2.45 bits per heavy atom. The third-order valence-corrected chi connectivity index (χ3v) is 3.65. The van der Waals surface area contributed by atoms with E-state index in [0.29, 0.717) is 19.5 Å². The van der Waals surface area contributed by atoms with E-state index in [1.165, 1.54) is 0 Å². The third-order valence-electron chi connectivity index (χ3n) is 3.65. The number of urea groups is 1. The molecule has 124 valence electrons. The van der Waals surface area contributed by atoms with Gasteiger partial charge in [-0.25, -0.2) is 4.79 Å². The molecule has 1 heterocycles. The highest BCUT2D eigenvalue weighted by Gasteiger charge is 2.48. The maximum absolute atomic E-state index is 12.5. The summed E-state index contributed by atoms with van der Waals surface area (Å²) < 4.78 is 0. The SMILES string of the molecule is C=C(C)CN(CC)C(=O)CN1C(=O)NC(C)(CC(C)C)C1=O. The van der Waals surface area contributed by atoms with Gasteiger partial charge in [0.15, 0.2) is 0 Å². The number of hydrogen-bond acceptors (Lipinski definition) is 3. The molecule has 0 bridgehead atoms. The van der Waals surface area contributed by atoms with Crippen LogP contribution in [0.4, 0.5) is 4.79 Å². The second-order valence-electron chi connectivity index (χ2n) is 6.62. The maximum Gasteiger partial charge on any atom is 0.325 e. The number of carbonyl (C=O) groups excluding carboxylic acids is 3. The van der Waals surface area contributed by atoms with Crippen molar-refractivity contribution < 1.29 is 14.4 Å². The van der Waals surface area contributed by atoms with E-state index in [9.17, 15) is 14.4 Å². The summed E-state index contributed by atoms with van der Waals surface area (Å²) in [6.07, 6.45) is 0.547. The van der Waals surface area contributed by atoms with Crippen molar-refractivity contribution in [1.82, 2.24) is 15.1 Å². The summed E-state index contributed by atoms with van der Waals surface area (Å²) in [5.41, 5.74) is -0.0613. The standard InChI is InChI=1S/C16H27N3O3/c1-7-18(9-12(4)5)13(20)10-19-14(21)16(6,8-11(2)3)17-15(19)22/h11H,4,7-10H2,1-3,5-6H3,(H,17,22). The second-order valence-corrected chi connectivity index (χ2v) is 6.62. The van der Waals surface area contributed by atoms with Crippen LogP contribution < -0.4 is 5.32 Å². The van der Waals surface area contributed by atoms with Crippen LogP contribution in [0.5, 0.6) is 0 Å². The molecular weight excluding hydrogens is 282 g/mol. The number of carbonyl (C=O) groups is 3. The summed E-state index contributed by atoms with van der Waals surface area (Å²) in [5.74, 6) is -0.311. The smallest absolute Gasteiger partial charge is 0.325 e. The van der Waals surface area contributed by atoms with E-state index in [-0.39, 0.29) is 24.3 Å². The van der Waals surface area contributed by atoms with Gasteiger partial charge < -0.3 is 10.2 Å². The van der Waals surface area contributed by atoms with E-state index in [2.05, 4.69) is 11.9 Å². The number of likely N-dealkylation sites (N-methyl/N-ethyl adjacent to an activating group) is 1. The predicted octanol–water partition coefficient (Wildman–Crippen LogP) is 1.77. The zero-order valence-electron chi connectivity index (χ0n) is 14.2. The maximum atomic E-state index is 12.5. The lowest BCUT2D eigenvalue weighted by atomic mass is 9.91. The van der Waals surface area contributed by atoms with Gasteiger partial charge in [0.05, 0.1) is 0 Å². The summed E-state index contributed by atoms with van der Waals surface area (Å²) in [7, 11) is 0. The number of imide groups is 1. The molecular formula is C16H27N3O3. The molecule has 0 aromatic heterocycles. The van der Waals surface area contributed by atoms with Gasteiger partial charge in [-0.2, -0.15) is 0 Å². The number of amides is 4. The molecule has 6 heteroatoms. The number of hydrogen-bond donors (Lipinski definition) is 1. The fourth-order valence-corrected chi connectivity index (χ4v) is 2.78. The zero-order valence-corrected chi connectivity index (χ0v) is 14.2. The Bertz CT molecular complexity index is 487. The highest BCUT2D eigenvalue weighted by Crippen LogP contribution is 2.24. The minimum Gasteiger partial charge on any atom is -0.337 e. The average Bonchev–Trinajstić information content (AvgIpc) is 2.58. The first-order chi connectivity index (χ1) is 10.1. The first-order valence-corrected chi connectivity index (χ1v) is 7.67. The van der Waals surface area contributed by atoms with Crippen molar-refractivity contribution in [2.75, 3.05) is 19.6 Å². The quantitative estimate of drug-likeness (QED) is 0.575. The van der Waals surface area contributed by atoms with Crippen LogP contribution in [0.2, 0.25) is 0 Å². The molecule has 1 atom stereocenters. The fraction of sp³-hybridized carbons (Fsp3) is 0.688. The lowest BCUT2D eigenvalue weighted by Gasteiger charge is -2.25. The van der Waals surface area contributed by atoms with Crippen molar-refractivity contribution >= 4 is 17.8 Å². The Hall–Kier alpha value is -1.85. The van der Waals surface area contributed by atoms with E-state index in [0.717, 1.165) is 10.5 Å². The van der Waals surface area contributed by atoms with Gasteiger partial charge in [0.1, 0.15) is 12.1 Å². The van der Waals surface area contributed by atoms with Crippen molar-refractivity contribution in [1.29, 1.82) is 0 Å². The summed E-state index contributed by atoms with van der Waals surface area (Å²) >= 11 is 0. The minimum absolute atomic E-state index is 0.223. The molecule has 0 radical (unpaired) electrons. The van der Waals surface area contributed by atoms with E-state index < -0.39 is 11.6 Å². The van der Waals surface area contributed by atoms with Crippen LogP contribution in [0, 0.1) is 5.92 Å². The van der Waals surface area contributed by atoms with Crippen molar-refractivity contribution in [3.63, 3.8) is 0 Å². The van der Waals surface area contributed by atoms with Gasteiger partial charge >= 0.3 is 6.03 Å². The molecule has 0 aromatic rings. The Morgan fingerprint density at radius 1 is 1.41 bits per heavy atom. The molecule has 1 N–H and O–H groups in total. The summed E-state index contributed by atoms with van der Waals surface area (Å²) in [6.45, 7) is 13.9. The van der Waals surface area contributed by atoms with E-state index >= 15 is 0 Å². The van der Waals surface area contributed by atoms with Crippen LogP contribution in [0.1, 0.15) is 41.0 Å². The van der Waals surface area contributed by atoms with E-state index in [4.69, 9.17) is 0 Å². The number of nitrogens with one attached hydrogen (secondary N) is 1. The van der Waals surface area contributed by atoms with Gasteiger partial charge in [-0.15, -0.1) is 0 Å². The van der Waals surface area contributed by atoms with Crippen LogP contribution in [0.3, 0.4) is 0 Å². The fourth-order valence-electron chi connectivity index (χ4n) is 2.78. The molecule has 4 amide bonds. The molecule has 1 rings (SSSR count). The molecule has 1 unspecified atom stereocenters. The van der Waals surface area contributed by atoms with Crippen LogP contribution >= 0.6 is 0 Å². The highest BCUT2D eigenvalue weighted by molar-refractivity contribution is 6.08. The molecule has 1 fully saturated rings. The second kappa shape index (κ2) is 6.94. The molecule has 0 aromatic carbocycles. The molecule has 1 aliphatic rings. The van der Waals surface area contributed by atoms with Gasteiger partial charge in [0, 0.05) is 13.1 Å². The zero-order chi connectivity index (χ0) is 17.1. The molecule has 1 saturated heterocycles. The molecule has 0 saturated carbocycles. The summed E-state index contributed by atoms with van der Waals surface area (Å²) in [4.78, 5) is 39.5. The first kappa shape index (κ1) is 18.2. The Labute approximate surface area is 132 Å². The minimum atomic E-state index is -0.920. The van der Waals surface area contributed by atoms with Gasteiger partial charge in [-0.1, -0.05) is 26.0 Å². The molecule has 6 nitrogen and oxygen atoms in total. The van der Waals surface area contributed by atoms with Crippen molar-refractivity contribution in [3.8, 4) is 0 Å². The van der Waals surface area contributed by atoms with Crippen LogP contribution in [-0.2, 0) is 9.59 Å². The summed E-state index contributed by atoms with van der Waals surface area (Å²) in [6, 6.07) is -0.493. The van der Waals surface area contributed by atoms with E-state index in [1.54, 1.807) is 11.8 Å². The number of rotatable bonds is 7. The highest BCUT2D eigenvalue weighted by atomic mass is 16.2. The van der Waals surface area contributed by atoms with Crippen LogP contribution in [0.15, 0.2) is 12.2 Å². The van der Waals surface area contributed by atoms with Crippen LogP contribution in [0.25, 0.3) is 0 Å². The Balaban J connectivity index is 2.81. The monoisotopic (exact) mass is 309 g/mol. The molecule has 0 aliphatic carbocycles. The lowest BCUT2D eigenvalue weighted by Crippen LogP contribution is -2.46. The molecule has 1 aliphatic heterocycles. The topological polar surface area (TPSA) is 69.7 Å². The summed E-state index contributed by atoms with van der Waals surface area (Å²) in [5, 5.41) is 2.71. The molecule has 0 spiro atoms. The van der Waals surface area contributed by atoms with Crippen molar-refractivity contribution in [2.24, 2.45) is 5.92 Å². The Morgan fingerprint density at radius 2 is 2.00 bits per heavy atom. The lowest BCUT2D eigenvalue weighted by molar-refractivity contribution is -0.138. The van der Waals surface area contributed by atoms with Crippen molar-refractivity contribution in [3.05, 3.63) is 12.2 Å². The predicted molar refractivity (Wildman–Crippen MR) is 85.2 cm³/mol. The van der Waals surface area contributed by atoms with Crippen molar-refractivity contribution in [2.45, 2.75) is 46.6 Å². The Kier molecular flexibility index (Phi) is 5.74. The van der Waals surface area contributed by atoms with Gasteiger partial charge in [-0.05, 0) is 33.1 Å². The first-order valence-electron chi connectivity index (χ1n) is 7.67.